The van der Waals surface area contributed by atoms with E-state index in [-0.39, 0.29) is 0 Å². The van der Waals surface area contributed by atoms with Crippen molar-refractivity contribution in [2.45, 2.75) is 18.2 Å². The summed E-state index contributed by atoms with van der Waals surface area (Å²) in [5.41, 5.74) is 1.27. The smallest absolute Gasteiger partial charge is 0.123 e. The lowest BCUT2D eigenvalue weighted by Gasteiger charge is -2.07. The van der Waals surface area contributed by atoms with Crippen LogP contribution in [0.15, 0.2) is 23.1 Å². The minimum atomic E-state index is 1.00. The molecule has 1 aromatic rings. The van der Waals surface area contributed by atoms with Crippen molar-refractivity contribution in [2.75, 3.05) is 13.4 Å². The van der Waals surface area contributed by atoms with Crippen molar-refractivity contribution in [2.24, 2.45) is 0 Å². The second-order valence-electron chi connectivity index (χ2n) is 2.53. The number of aryl methyl sites for hydroxylation is 1. The van der Waals surface area contributed by atoms with E-state index in [1.807, 2.05) is 0 Å². The Morgan fingerprint density at radius 2 is 2.17 bits per heavy atom. The van der Waals surface area contributed by atoms with E-state index >= 15 is 0 Å². The SMILES string of the molecule is CCc1ccc(SC)cc1OC. The lowest BCUT2D eigenvalue weighted by Crippen LogP contribution is -1.90. The molecule has 0 aliphatic heterocycles. The highest BCUT2D eigenvalue weighted by Gasteiger charge is 2.00. The fourth-order valence-electron chi connectivity index (χ4n) is 1.14. The van der Waals surface area contributed by atoms with Crippen LogP contribution >= 0.6 is 11.8 Å². The summed E-state index contributed by atoms with van der Waals surface area (Å²) in [6.45, 7) is 2.14. The van der Waals surface area contributed by atoms with Crippen LogP contribution in [0.3, 0.4) is 0 Å². The molecule has 0 saturated carbocycles. The van der Waals surface area contributed by atoms with Crippen molar-refractivity contribution in [3.63, 3.8) is 0 Å². The summed E-state index contributed by atoms with van der Waals surface area (Å²) < 4.78 is 5.27. The van der Waals surface area contributed by atoms with Crippen molar-refractivity contribution in [3.8, 4) is 5.75 Å². The highest BCUT2D eigenvalue weighted by Crippen LogP contribution is 2.25. The maximum absolute atomic E-state index is 5.27. The number of hydrogen-bond donors (Lipinski definition) is 0. The van der Waals surface area contributed by atoms with Crippen molar-refractivity contribution < 1.29 is 4.74 Å². The zero-order chi connectivity index (χ0) is 8.97. The van der Waals surface area contributed by atoms with E-state index in [1.165, 1.54) is 10.5 Å². The molecule has 0 unspecified atom stereocenters. The van der Waals surface area contributed by atoms with Gasteiger partial charge in [-0.2, -0.15) is 0 Å². The molecule has 0 aliphatic carbocycles. The third-order valence-electron chi connectivity index (χ3n) is 1.88. The van der Waals surface area contributed by atoms with E-state index in [0.717, 1.165) is 12.2 Å². The molecule has 0 heterocycles. The molecule has 0 aromatic heterocycles. The summed E-state index contributed by atoms with van der Waals surface area (Å²) in [6.07, 6.45) is 3.10. The highest BCUT2D eigenvalue weighted by atomic mass is 32.2. The number of hydrogen-bond acceptors (Lipinski definition) is 2. The summed E-state index contributed by atoms with van der Waals surface area (Å²) in [5, 5.41) is 0. The highest BCUT2D eigenvalue weighted by molar-refractivity contribution is 7.98. The molecule has 0 amide bonds. The van der Waals surface area contributed by atoms with Crippen LogP contribution in [0, 0.1) is 0 Å². The zero-order valence-electron chi connectivity index (χ0n) is 7.76. The number of methoxy groups -OCH3 is 1. The standard InChI is InChI=1S/C10H14OS/c1-4-8-5-6-9(12-3)7-10(8)11-2/h5-7H,4H2,1-3H3. The van der Waals surface area contributed by atoms with E-state index in [0.29, 0.717) is 0 Å². The molecule has 1 rings (SSSR count). The molecule has 0 N–H and O–H groups in total. The first kappa shape index (κ1) is 9.46. The van der Waals surface area contributed by atoms with Gasteiger partial charge in [-0.1, -0.05) is 13.0 Å². The number of ether oxygens (including phenoxy) is 1. The van der Waals surface area contributed by atoms with Crippen molar-refractivity contribution in [1.82, 2.24) is 0 Å². The first-order chi connectivity index (χ1) is 5.81. The number of benzene rings is 1. The Kier molecular flexibility index (Phi) is 3.48. The fourth-order valence-corrected chi connectivity index (χ4v) is 1.57. The Bertz CT molecular complexity index is 258. The average Bonchev–Trinajstić information content (AvgIpc) is 2.16. The van der Waals surface area contributed by atoms with Gasteiger partial charge < -0.3 is 4.74 Å². The average molecular weight is 182 g/mol. The third-order valence-corrected chi connectivity index (χ3v) is 2.60. The fraction of sp³-hybridized carbons (Fsp3) is 0.400. The molecule has 0 radical (unpaired) electrons. The van der Waals surface area contributed by atoms with Crippen LogP contribution in [0.2, 0.25) is 0 Å². The zero-order valence-corrected chi connectivity index (χ0v) is 8.57. The molecule has 0 fully saturated rings. The molecule has 12 heavy (non-hydrogen) atoms. The third kappa shape index (κ3) is 1.95. The molecular formula is C10H14OS. The Balaban J connectivity index is 3.02. The van der Waals surface area contributed by atoms with Crippen LogP contribution in [0.5, 0.6) is 5.75 Å². The van der Waals surface area contributed by atoms with Gasteiger partial charge in [-0.3, -0.25) is 0 Å². The van der Waals surface area contributed by atoms with Crippen LogP contribution in [0.4, 0.5) is 0 Å². The molecular weight excluding hydrogens is 168 g/mol. The summed E-state index contributed by atoms with van der Waals surface area (Å²) in [5.74, 6) is 1.00. The van der Waals surface area contributed by atoms with Gasteiger partial charge in [-0.25, -0.2) is 0 Å². The quantitative estimate of drug-likeness (QED) is 0.665. The maximum atomic E-state index is 5.27. The van der Waals surface area contributed by atoms with Gasteiger partial charge in [0.05, 0.1) is 7.11 Å². The molecule has 66 valence electrons. The van der Waals surface area contributed by atoms with Gasteiger partial charge in [-0.05, 0) is 30.4 Å². The molecule has 0 aliphatic rings. The summed E-state index contributed by atoms with van der Waals surface area (Å²) in [6, 6.07) is 6.35. The minimum absolute atomic E-state index is 1.00. The van der Waals surface area contributed by atoms with E-state index in [1.54, 1.807) is 18.9 Å². The summed E-state index contributed by atoms with van der Waals surface area (Å²) in [7, 11) is 1.72. The largest absolute Gasteiger partial charge is 0.496 e. The first-order valence-corrected chi connectivity index (χ1v) is 5.25. The molecule has 1 aromatic carbocycles. The second kappa shape index (κ2) is 4.41. The second-order valence-corrected chi connectivity index (χ2v) is 3.41. The van der Waals surface area contributed by atoms with Crippen molar-refractivity contribution in [3.05, 3.63) is 23.8 Å². The predicted molar refractivity (Wildman–Crippen MR) is 54.2 cm³/mol. The van der Waals surface area contributed by atoms with Gasteiger partial charge in [0, 0.05) is 4.90 Å². The summed E-state index contributed by atoms with van der Waals surface area (Å²) >= 11 is 1.74. The molecule has 0 bridgehead atoms. The van der Waals surface area contributed by atoms with Gasteiger partial charge in [0.2, 0.25) is 0 Å². The molecule has 2 heteroatoms. The van der Waals surface area contributed by atoms with Crippen LogP contribution in [0.25, 0.3) is 0 Å². The van der Waals surface area contributed by atoms with Gasteiger partial charge >= 0.3 is 0 Å². The molecule has 0 atom stereocenters. The monoisotopic (exact) mass is 182 g/mol. The Labute approximate surface area is 78.1 Å². The number of thioether (sulfide) groups is 1. The maximum Gasteiger partial charge on any atom is 0.123 e. The molecule has 0 spiro atoms. The Hall–Kier alpha value is -0.630. The lowest BCUT2D eigenvalue weighted by atomic mass is 10.1. The predicted octanol–water partition coefficient (Wildman–Crippen LogP) is 2.98. The van der Waals surface area contributed by atoms with Gasteiger partial charge in [-0.15, -0.1) is 11.8 Å². The summed E-state index contributed by atoms with van der Waals surface area (Å²) in [4.78, 5) is 1.25. The topological polar surface area (TPSA) is 9.23 Å². The van der Waals surface area contributed by atoms with E-state index < -0.39 is 0 Å². The van der Waals surface area contributed by atoms with E-state index in [9.17, 15) is 0 Å². The number of rotatable bonds is 3. The molecule has 0 saturated heterocycles. The van der Waals surface area contributed by atoms with Crippen molar-refractivity contribution >= 4 is 11.8 Å². The Morgan fingerprint density at radius 3 is 2.67 bits per heavy atom. The first-order valence-electron chi connectivity index (χ1n) is 4.02. The van der Waals surface area contributed by atoms with Crippen LogP contribution in [-0.4, -0.2) is 13.4 Å². The van der Waals surface area contributed by atoms with E-state index in [4.69, 9.17) is 4.74 Å². The van der Waals surface area contributed by atoms with Gasteiger partial charge in [0.25, 0.3) is 0 Å². The van der Waals surface area contributed by atoms with Crippen LogP contribution in [-0.2, 0) is 6.42 Å². The van der Waals surface area contributed by atoms with E-state index in [2.05, 4.69) is 31.4 Å². The van der Waals surface area contributed by atoms with Crippen LogP contribution in [0.1, 0.15) is 12.5 Å². The van der Waals surface area contributed by atoms with Gasteiger partial charge in [0.15, 0.2) is 0 Å². The molecule has 1 nitrogen and oxygen atoms in total. The minimum Gasteiger partial charge on any atom is -0.496 e. The van der Waals surface area contributed by atoms with Crippen LogP contribution < -0.4 is 4.74 Å². The van der Waals surface area contributed by atoms with Gasteiger partial charge in [0.1, 0.15) is 5.75 Å². The lowest BCUT2D eigenvalue weighted by molar-refractivity contribution is 0.409. The Morgan fingerprint density at radius 1 is 1.42 bits per heavy atom. The van der Waals surface area contributed by atoms with Crippen molar-refractivity contribution in [1.29, 1.82) is 0 Å². The normalized spacial score (nSPS) is 9.92.